The Morgan fingerprint density at radius 3 is 2.62 bits per heavy atom. The number of unbranched alkanes of at least 4 members (excludes halogenated alkanes) is 1. The molecule has 0 saturated heterocycles. The van der Waals surface area contributed by atoms with E-state index in [1.807, 2.05) is 31.2 Å². The third kappa shape index (κ3) is 8.68. The number of primary amides is 1. The van der Waals surface area contributed by atoms with Gasteiger partial charge in [0.05, 0.1) is 19.8 Å². The molecule has 0 aliphatic rings. The van der Waals surface area contributed by atoms with E-state index in [4.69, 9.17) is 10.5 Å². The highest BCUT2D eigenvalue weighted by atomic mass is 16.5. The first-order valence-corrected chi connectivity index (χ1v) is 8.97. The van der Waals surface area contributed by atoms with E-state index in [9.17, 15) is 9.59 Å². The molecule has 0 aromatic heterocycles. The number of hydrogen-bond acceptors (Lipinski definition) is 4. The van der Waals surface area contributed by atoms with Gasteiger partial charge in [-0.1, -0.05) is 37.0 Å². The molecule has 2 N–H and O–H groups in total. The lowest BCUT2D eigenvalue weighted by Crippen LogP contribution is -2.21. The van der Waals surface area contributed by atoms with Gasteiger partial charge in [0.25, 0.3) is 0 Å². The van der Waals surface area contributed by atoms with Gasteiger partial charge in [-0.3, -0.25) is 9.59 Å². The van der Waals surface area contributed by atoms with Crippen molar-refractivity contribution in [3.8, 4) is 11.8 Å². The lowest BCUT2D eigenvalue weighted by atomic mass is 10.00. The molecule has 26 heavy (non-hydrogen) atoms. The Morgan fingerprint density at radius 2 is 1.92 bits per heavy atom. The van der Waals surface area contributed by atoms with Crippen molar-refractivity contribution in [2.75, 3.05) is 7.11 Å². The van der Waals surface area contributed by atoms with Crippen molar-refractivity contribution >= 4 is 11.9 Å². The zero-order valence-electron chi connectivity index (χ0n) is 15.9. The molecule has 0 aliphatic carbocycles. The number of methoxy groups -OCH3 is 1. The number of ether oxygens (including phenoxy) is 2. The van der Waals surface area contributed by atoms with E-state index >= 15 is 0 Å². The molecule has 0 fully saturated rings. The topological polar surface area (TPSA) is 78.6 Å². The van der Waals surface area contributed by atoms with E-state index in [-0.39, 0.29) is 23.9 Å². The zero-order valence-corrected chi connectivity index (χ0v) is 15.9. The van der Waals surface area contributed by atoms with Crippen molar-refractivity contribution in [2.24, 2.45) is 11.7 Å². The van der Waals surface area contributed by atoms with Crippen LogP contribution < -0.4 is 5.73 Å². The smallest absolute Gasteiger partial charge is 0.305 e. The number of nitrogens with two attached hydrogens (primary N) is 1. The molecule has 5 nitrogen and oxygen atoms in total. The van der Waals surface area contributed by atoms with E-state index < -0.39 is 0 Å². The van der Waals surface area contributed by atoms with E-state index in [0.29, 0.717) is 32.3 Å². The summed E-state index contributed by atoms with van der Waals surface area (Å²) in [6.45, 7) is 4.53. The van der Waals surface area contributed by atoms with Crippen LogP contribution in [0, 0.1) is 17.8 Å². The molecule has 0 heterocycles. The second kappa shape index (κ2) is 12.1. The Labute approximate surface area is 156 Å². The maximum atomic E-state index is 11.1. The predicted octanol–water partition coefficient (Wildman–Crippen LogP) is 3.19. The van der Waals surface area contributed by atoms with Crippen LogP contribution in [0.1, 0.15) is 57.1 Å². The van der Waals surface area contributed by atoms with E-state index in [2.05, 4.69) is 23.5 Å². The van der Waals surface area contributed by atoms with Crippen molar-refractivity contribution in [3.05, 3.63) is 35.4 Å². The molecule has 2 atom stereocenters. The van der Waals surface area contributed by atoms with Crippen molar-refractivity contribution < 1.29 is 19.1 Å². The summed E-state index contributed by atoms with van der Waals surface area (Å²) < 4.78 is 10.6. The minimum absolute atomic E-state index is 0.0235. The number of benzene rings is 1. The molecule has 0 aliphatic heterocycles. The second-order valence-electron chi connectivity index (χ2n) is 6.39. The summed E-state index contributed by atoms with van der Waals surface area (Å²) in [5, 5.41) is 0. The number of carbonyl (C=O) groups is 2. The minimum Gasteiger partial charge on any atom is -0.469 e. The fourth-order valence-electron chi connectivity index (χ4n) is 2.34. The van der Waals surface area contributed by atoms with Gasteiger partial charge in [-0.25, -0.2) is 0 Å². The lowest BCUT2D eigenvalue weighted by molar-refractivity contribution is -0.140. The summed E-state index contributed by atoms with van der Waals surface area (Å²) in [6.07, 6.45) is 2.84. The third-order valence-electron chi connectivity index (χ3n) is 4.30. The number of esters is 1. The standard InChI is InChI=1S/C21H29NO4/c1-16(13-14-20(22)23)17(2)26-15-19-11-8-7-10-18(19)9-5-4-6-12-21(24)25-3/h7-8,10-11,16-17H,4,6,12-15H2,1-3H3,(H2,22,23)/t16-,17+/m0/s1. The molecule has 0 unspecified atom stereocenters. The minimum atomic E-state index is -0.281. The highest BCUT2D eigenvalue weighted by Gasteiger charge is 2.14. The monoisotopic (exact) mass is 359 g/mol. The van der Waals surface area contributed by atoms with Gasteiger partial charge in [0.2, 0.25) is 5.91 Å². The first-order valence-electron chi connectivity index (χ1n) is 8.97. The molecule has 1 aromatic carbocycles. The number of carbonyl (C=O) groups excluding carboxylic acids is 2. The summed E-state index contributed by atoms with van der Waals surface area (Å²) in [7, 11) is 1.39. The first kappa shape index (κ1) is 21.7. The van der Waals surface area contributed by atoms with Gasteiger partial charge in [0.15, 0.2) is 0 Å². The average molecular weight is 359 g/mol. The van der Waals surface area contributed by atoms with Gasteiger partial charge >= 0.3 is 5.97 Å². The quantitative estimate of drug-likeness (QED) is 0.395. The van der Waals surface area contributed by atoms with Crippen LogP contribution in [0.25, 0.3) is 0 Å². The SMILES string of the molecule is COC(=O)CCCC#Cc1ccccc1CO[C@H](C)[C@@H](C)CCC(N)=O. The van der Waals surface area contributed by atoms with E-state index in [0.717, 1.165) is 17.5 Å². The maximum absolute atomic E-state index is 11.1. The van der Waals surface area contributed by atoms with Gasteiger partial charge < -0.3 is 15.2 Å². The van der Waals surface area contributed by atoms with Gasteiger partial charge in [-0.2, -0.15) is 0 Å². The Morgan fingerprint density at radius 1 is 1.19 bits per heavy atom. The Kier molecular flexibility index (Phi) is 10.1. The van der Waals surface area contributed by atoms with Crippen LogP contribution in [0.4, 0.5) is 0 Å². The summed E-state index contributed by atoms with van der Waals surface area (Å²) in [5.74, 6) is 6.01. The largest absolute Gasteiger partial charge is 0.469 e. The molecule has 0 radical (unpaired) electrons. The zero-order chi connectivity index (χ0) is 19.4. The van der Waals surface area contributed by atoms with Gasteiger partial charge in [0.1, 0.15) is 0 Å². The number of hydrogen-bond donors (Lipinski definition) is 1. The van der Waals surface area contributed by atoms with Gasteiger partial charge in [-0.15, -0.1) is 0 Å². The van der Waals surface area contributed by atoms with E-state index in [1.54, 1.807) is 0 Å². The average Bonchev–Trinajstić information content (AvgIpc) is 2.64. The number of amides is 1. The van der Waals surface area contributed by atoms with E-state index in [1.165, 1.54) is 7.11 Å². The lowest BCUT2D eigenvalue weighted by Gasteiger charge is -2.20. The van der Waals surface area contributed by atoms with Crippen LogP contribution >= 0.6 is 0 Å². The molecule has 1 aromatic rings. The van der Waals surface area contributed by atoms with Gasteiger partial charge in [-0.05, 0) is 37.3 Å². The Hall–Kier alpha value is -2.32. The molecular weight excluding hydrogens is 330 g/mol. The van der Waals surface area contributed by atoms with Crippen LogP contribution in [-0.4, -0.2) is 25.1 Å². The molecule has 1 rings (SSSR count). The Bertz CT molecular complexity index is 645. The molecule has 0 saturated carbocycles. The predicted molar refractivity (Wildman–Crippen MR) is 101 cm³/mol. The summed E-state index contributed by atoms with van der Waals surface area (Å²) in [5.41, 5.74) is 7.16. The van der Waals surface area contributed by atoms with Crippen molar-refractivity contribution in [3.63, 3.8) is 0 Å². The highest BCUT2D eigenvalue weighted by molar-refractivity contribution is 5.73. The summed E-state index contributed by atoms with van der Waals surface area (Å²) in [6, 6.07) is 7.87. The molecule has 0 bridgehead atoms. The number of rotatable bonds is 10. The molecule has 5 heteroatoms. The normalized spacial score (nSPS) is 12.6. The van der Waals surface area contributed by atoms with Crippen LogP contribution in [0.5, 0.6) is 0 Å². The van der Waals surface area contributed by atoms with Crippen LogP contribution in [0.3, 0.4) is 0 Å². The molecule has 0 spiro atoms. The van der Waals surface area contributed by atoms with Gasteiger partial charge in [0, 0.05) is 24.8 Å². The molecule has 1 amide bonds. The first-order chi connectivity index (χ1) is 12.4. The fourth-order valence-corrected chi connectivity index (χ4v) is 2.34. The van der Waals surface area contributed by atoms with Crippen molar-refractivity contribution in [1.29, 1.82) is 0 Å². The highest BCUT2D eigenvalue weighted by Crippen LogP contribution is 2.17. The van der Waals surface area contributed by atoms with Crippen LogP contribution in [0.2, 0.25) is 0 Å². The summed E-state index contributed by atoms with van der Waals surface area (Å²) >= 11 is 0. The van der Waals surface area contributed by atoms with Crippen molar-refractivity contribution in [1.82, 2.24) is 0 Å². The van der Waals surface area contributed by atoms with Crippen LogP contribution in [0.15, 0.2) is 24.3 Å². The Balaban J connectivity index is 2.53. The molecule has 142 valence electrons. The third-order valence-corrected chi connectivity index (χ3v) is 4.30. The van der Waals surface area contributed by atoms with Crippen molar-refractivity contribution in [2.45, 2.75) is 58.7 Å². The fraction of sp³-hybridized carbons (Fsp3) is 0.524. The maximum Gasteiger partial charge on any atom is 0.305 e. The summed E-state index contributed by atoms with van der Waals surface area (Å²) in [4.78, 5) is 22.0. The molecular formula is C21H29NO4. The second-order valence-corrected chi connectivity index (χ2v) is 6.39. The van der Waals surface area contributed by atoms with Crippen LogP contribution in [-0.2, 0) is 25.7 Å².